The molecule has 4 bridgehead atoms. The zero-order valence-electron chi connectivity index (χ0n) is 16.2. The number of carbonyl (C=O) groups is 4. The lowest BCUT2D eigenvalue weighted by Crippen LogP contribution is -2.64. The quantitative estimate of drug-likeness (QED) is 0.622. The Hall–Kier alpha value is -2.12. The van der Waals surface area contributed by atoms with Crippen LogP contribution < -0.4 is 16.0 Å². The number of amides is 4. The van der Waals surface area contributed by atoms with Gasteiger partial charge >= 0.3 is 12.0 Å². The highest BCUT2D eigenvalue weighted by molar-refractivity contribution is 5.95. The Morgan fingerprint density at radius 1 is 1.07 bits per heavy atom. The Morgan fingerprint density at radius 2 is 1.70 bits per heavy atom. The van der Waals surface area contributed by atoms with Gasteiger partial charge in [-0.1, -0.05) is 0 Å². The molecule has 0 aromatic carbocycles. The second-order valence-electron chi connectivity index (χ2n) is 8.96. The van der Waals surface area contributed by atoms with E-state index in [1.807, 2.05) is 0 Å². The summed E-state index contributed by atoms with van der Waals surface area (Å²) in [7, 11) is 0. The van der Waals surface area contributed by atoms with E-state index in [4.69, 9.17) is 4.74 Å². The highest BCUT2D eigenvalue weighted by Crippen LogP contribution is 2.62. The van der Waals surface area contributed by atoms with Crippen molar-refractivity contribution in [2.24, 2.45) is 17.3 Å². The van der Waals surface area contributed by atoms with Crippen molar-refractivity contribution in [1.82, 2.24) is 16.0 Å². The standard InChI is InChI=1S/C19H29N3O5/c1-11(2)20-17(26)21-15(24)9-27-16(25)18-5-13-4-14(6-18)8-19(7-13,10-18)22-12(3)23/h11,13-14H,4-10H2,1-3H3,(H,22,23)(H2,20,21,24,26)/t13-,14+,18?,19?. The first-order valence-electron chi connectivity index (χ1n) is 9.68. The number of ether oxygens (including phenoxy) is 1. The molecule has 4 saturated carbocycles. The minimum absolute atomic E-state index is 0.0731. The number of carbonyl (C=O) groups excluding carboxylic acids is 4. The Kier molecular flexibility index (Phi) is 5.18. The Bertz CT molecular complexity index is 646. The van der Waals surface area contributed by atoms with Crippen LogP contribution in [0.3, 0.4) is 0 Å². The van der Waals surface area contributed by atoms with E-state index in [9.17, 15) is 19.2 Å². The highest BCUT2D eigenvalue weighted by Gasteiger charge is 2.61. The van der Waals surface area contributed by atoms with Gasteiger partial charge in [-0.15, -0.1) is 0 Å². The molecule has 0 heterocycles. The van der Waals surface area contributed by atoms with E-state index >= 15 is 0 Å². The van der Waals surface area contributed by atoms with Crippen molar-refractivity contribution in [1.29, 1.82) is 0 Å². The molecule has 2 unspecified atom stereocenters. The van der Waals surface area contributed by atoms with Gasteiger partial charge in [-0.25, -0.2) is 4.79 Å². The van der Waals surface area contributed by atoms with E-state index in [-0.39, 0.29) is 23.5 Å². The number of nitrogens with one attached hydrogen (secondary N) is 3. The summed E-state index contributed by atoms with van der Waals surface area (Å²) in [4.78, 5) is 48.0. The summed E-state index contributed by atoms with van der Waals surface area (Å²) in [6.45, 7) is 4.59. The second-order valence-corrected chi connectivity index (χ2v) is 8.96. The van der Waals surface area contributed by atoms with Gasteiger partial charge < -0.3 is 15.4 Å². The third-order valence-corrected chi connectivity index (χ3v) is 5.94. The lowest BCUT2D eigenvalue weighted by atomic mass is 9.47. The molecule has 8 nitrogen and oxygen atoms in total. The van der Waals surface area contributed by atoms with Crippen LogP contribution in [0.4, 0.5) is 4.79 Å². The minimum atomic E-state index is -0.650. The fraction of sp³-hybridized carbons (Fsp3) is 0.789. The number of hydrogen-bond donors (Lipinski definition) is 3. The van der Waals surface area contributed by atoms with Crippen molar-refractivity contribution in [2.45, 2.75) is 70.9 Å². The molecule has 0 aliphatic heterocycles. The van der Waals surface area contributed by atoms with Crippen LogP contribution in [-0.4, -0.2) is 42.0 Å². The normalized spacial score (nSPS) is 33.5. The average Bonchev–Trinajstić information content (AvgIpc) is 2.48. The Labute approximate surface area is 159 Å². The fourth-order valence-corrected chi connectivity index (χ4v) is 5.77. The van der Waals surface area contributed by atoms with Crippen molar-refractivity contribution in [3.8, 4) is 0 Å². The van der Waals surface area contributed by atoms with Crippen LogP contribution in [0.5, 0.6) is 0 Å². The van der Waals surface area contributed by atoms with Crippen molar-refractivity contribution in [2.75, 3.05) is 6.61 Å². The van der Waals surface area contributed by atoms with E-state index in [0.717, 1.165) is 32.1 Å². The molecule has 4 amide bonds. The van der Waals surface area contributed by atoms with Gasteiger partial charge in [-0.3, -0.25) is 19.7 Å². The van der Waals surface area contributed by atoms with Crippen molar-refractivity contribution in [3.63, 3.8) is 0 Å². The van der Waals surface area contributed by atoms with Crippen molar-refractivity contribution < 1.29 is 23.9 Å². The van der Waals surface area contributed by atoms with Gasteiger partial charge in [0.25, 0.3) is 5.91 Å². The molecule has 27 heavy (non-hydrogen) atoms. The summed E-state index contributed by atoms with van der Waals surface area (Å²) in [6, 6.07) is -0.706. The molecule has 0 spiro atoms. The van der Waals surface area contributed by atoms with Crippen LogP contribution in [0.2, 0.25) is 0 Å². The summed E-state index contributed by atoms with van der Waals surface area (Å²) < 4.78 is 5.30. The van der Waals surface area contributed by atoms with E-state index < -0.39 is 24.0 Å². The van der Waals surface area contributed by atoms with Crippen LogP contribution in [0.1, 0.15) is 59.3 Å². The molecule has 4 aliphatic rings. The fourth-order valence-electron chi connectivity index (χ4n) is 5.77. The van der Waals surface area contributed by atoms with Gasteiger partial charge in [0.2, 0.25) is 5.91 Å². The largest absolute Gasteiger partial charge is 0.455 e. The Morgan fingerprint density at radius 3 is 2.26 bits per heavy atom. The maximum atomic E-state index is 12.9. The van der Waals surface area contributed by atoms with Gasteiger partial charge in [-0.2, -0.15) is 0 Å². The molecule has 0 aromatic heterocycles. The first-order chi connectivity index (χ1) is 12.6. The predicted molar refractivity (Wildman–Crippen MR) is 96.4 cm³/mol. The smallest absolute Gasteiger partial charge is 0.321 e. The summed E-state index contributed by atoms with van der Waals surface area (Å²) in [5, 5.41) is 7.79. The minimum Gasteiger partial charge on any atom is -0.455 e. The molecule has 0 saturated heterocycles. The molecule has 4 aliphatic carbocycles. The zero-order chi connectivity index (χ0) is 19.8. The van der Waals surface area contributed by atoms with E-state index in [1.54, 1.807) is 13.8 Å². The number of urea groups is 1. The van der Waals surface area contributed by atoms with E-state index in [1.165, 1.54) is 6.92 Å². The lowest BCUT2D eigenvalue weighted by molar-refractivity contribution is -0.177. The Balaban J connectivity index is 1.60. The number of rotatable bonds is 5. The van der Waals surface area contributed by atoms with Crippen LogP contribution in [0, 0.1) is 17.3 Å². The number of imide groups is 1. The molecule has 150 valence electrons. The number of hydrogen-bond acceptors (Lipinski definition) is 5. The predicted octanol–water partition coefficient (Wildman–Crippen LogP) is 1.24. The summed E-state index contributed by atoms with van der Waals surface area (Å²) in [5.74, 6) is -0.308. The van der Waals surface area contributed by atoms with Crippen LogP contribution in [-0.2, 0) is 19.1 Å². The topological polar surface area (TPSA) is 114 Å². The van der Waals surface area contributed by atoms with Gasteiger partial charge in [0.1, 0.15) is 0 Å². The molecule has 0 radical (unpaired) electrons. The van der Waals surface area contributed by atoms with E-state index in [0.29, 0.717) is 18.3 Å². The third-order valence-electron chi connectivity index (χ3n) is 5.94. The number of esters is 1. The van der Waals surface area contributed by atoms with Crippen LogP contribution in [0.25, 0.3) is 0 Å². The van der Waals surface area contributed by atoms with Gasteiger partial charge in [-0.05, 0) is 64.2 Å². The molecule has 8 heteroatoms. The molecule has 4 rings (SSSR count). The van der Waals surface area contributed by atoms with Crippen LogP contribution in [0.15, 0.2) is 0 Å². The first kappa shape index (κ1) is 19.6. The lowest BCUT2D eigenvalue weighted by Gasteiger charge is -2.60. The first-order valence-corrected chi connectivity index (χ1v) is 9.68. The van der Waals surface area contributed by atoms with Crippen LogP contribution >= 0.6 is 0 Å². The maximum absolute atomic E-state index is 12.9. The summed E-state index contributed by atoms with van der Waals surface area (Å²) >= 11 is 0. The second kappa shape index (κ2) is 7.13. The maximum Gasteiger partial charge on any atom is 0.321 e. The summed E-state index contributed by atoms with van der Waals surface area (Å²) in [5.41, 5.74) is -0.957. The molecule has 4 fully saturated rings. The average molecular weight is 379 g/mol. The van der Waals surface area contributed by atoms with Gasteiger partial charge in [0, 0.05) is 18.5 Å². The highest BCUT2D eigenvalue weighted by atomic mass is 16.5. The molecule has 3 N–H and O–H groups in total. The van der Waals surface area contributed by atoms with E-state index in [2.05, 4.69) is 16.0 Å². The summed E-state index contributed by atoms with van der Waals surface area (Å²) in [6.07, 6.45) is 4.98. The van der Waals surface area contributed by atoms with Crippen molar-refractivity contribution in [3.05, 3.63) is 0 Å². The molecular weight excluding hydrogens is 350 g/mol. The molecule has 0 aromatic rings. The van der Waals surface area contributed by atoms with Gasteiger partial charge in [0.15, 0.2) is 6.61 Å². The van der Waals surface area contributed by atoms with Crippen molar-refractivity contribution >= 4 is 23.8 Å². The van der Waals surface area contributed by atoms with Gasteiger partial charge in [0.05, 0.1) is 5.41 Å². The zero-order valence-corrected chi connectivity index (χ0v) is 16.2. The SMILES string of the molecule is CC(=O)NC12C[C@H]3C[C@@H](C1)CC(C(=O)OCC(=O)NC(=O)NC(C)C)(C3)C2. The molecule has 4 atom stereocenters. The monoisotopic (exact) mass is 379 g/mol. The molecular formula is C19H29N3O5. The third kappa shape index (κ3) is 4.25.